The van der Waals surface area contributed by atoms with E-state index in [0.717, 1.165) is 21.4 Å². The second-order valence-electron chi connectivity index (χ2n) is 3.89. The molecule has 0 saturated heterocycles. The number of benzene rings is 1. The Morgan fingerprint density at radius 3 is 2.65 bits per heavy atom. The maximum atomic E-state index is 9.54. The van der Waals surface area contributed by atoms with Gasteiger partial charge < -0.3 is 5.11 Å². The molecule has 1 heterocycles. The van der Waals surface area contributed by atoms with Crippen LogP contribution in [-0.2, 0) is 0 Å². The molecule has 90 valence electrons. The fourth-order valence-corrected chi connectivity index (χ4v) is 2.40. The molecule has 0 amide bonds. The van der Waals surface area contributed by atoms with E-state index in [2.05, 4.69) is 21.0 Å². The summed E-state index contributed by atoms with van der Waals surface area (Å²) < 4.78 is 2.57. The minimum atomic E-state index is -0.499. The highest BCUT2D eigenvalue weighted by molar-refractivity contribution is 9.10. The molecule has 0 spiro atoms. The summed E-state index contributed by atoms with van der Waals surface area (Å²) in [5, 5.41) is 14.5. The molecule has 0 aliphatic heterocycles. The third-order valence-electron chi connectivity index (χ3n) is 2.54. The van der Waals surface area contributed by atoms with Crippen LogP contribution < -0.4 is 0 Å². The third kappa shape index (κ3) is 2.54. The van der Waals surface area contributed by atoms with Gasteiger partial charge in [-0.2, -0.15) is 5.10 Å². The number of aliphatic hydroxyl groups is 1. The van der Waals surface area contributed by atoms with Crippen molar-refractivity contribution in [2.75, 3.05) is 0 Å². The molecule has 0 aliphatic rings. The lowest BCUT2D eigenvalue weighted by Gasteiger charge is -2.09. The first-order valence-electron chi connectivity index (χ1n) is 5.18. The SMILES string of the molecule is Cc1nn(-c2ccc([C@H](C)O)c(Br)c2)cc1Cl. The molecule has 5 heteroatoms. The van der Waals surface area contributed by atoms with Gasteiger partial charge in [-0.15, -0.1) is 0 Å². The Morgan fingerprint density at radius 2 is 2.18 bits per heavy atom. The van der Waals surface area contributed by atoms with Gasteiger partial charge in [0.2, 0.25) is 0 Å². The predicted molar refractivity (Wildman–Crippen MR) is 71.6 cm³/mol. The van der Waals surface area contributed by atoms with Crippen LogP contribution >= 0.6 is 27.5 Å². The summed E-state index contributed by atoms with van der Waals surface area (Å²) >= 11 is 9.40. The zero-order valence-electron chi connectivity index (χ0n) is 9.48. The first-order chi connectivity index (χ1) is 7.99. The Morgan fingerprint density at radius 1 is 1.47 bits per heavy atom. The number of hydrogen-bond acceptors (Lipinski definition) is 2. The Balaban J connectivity index is 2.44. The predicted octanol–water partition coefficient (Wildman–Crippen LogP) is 3.65. The monoisotopic (exact) mass is 314 g/mol. The molecular weight excluding hydrogens is 304 g/mol. The summed E-state index contributed by atoms with van der Waals surface area (Å²) in [5.41, 5.74) is 2.54. The van der Waals surface area contributed by atoms with Crippen molar-refractivity contribution in [1.82, 2.24) is 9.78 Å². The standard InChI is InChI=1S/C12H12BrClN2O/c1-7-12(14)6-16(15-7)9-3-4-10(8(2)17)11(13)5-9/h3-6,8,17H,1-2H3/t8-/m0/s1. The van der Waals surface area contributed by atoms with Crippen LogP contribution in [0.4, 0.5) is 0 Å². The Kier molecular flexibility index (Phi) is 3.56. The molecule has 0 bridgehead atoms. The van der Waals surface area contributed by atoms with Crippen LogP contribution in [0.2, 0.25) is 5.02 Å². The first-order valence-corrected chi connectivity index (χ1v) is 6.36. The molecule has 0 fully saturated rings. The van der Waals surface area contributed by atoms with Crippen LogP contribution in [-0.4, -0.2) is 14.9 Å². The molecule has 0 radical (unpaired) electrons. The van der Waals surface area contributed by atoms with E-state index >= 15 is 0 Å². The first kappa shape index (κ1) is 12.6. The van der Waals surface area contributed by atoms with Gasteiger partial charge in [-0.3, -0.25) is 0 Å². The van der Waals surface area contributed by atoms with Gasteiger partial charge in [-0.05, 0) is 31.5 Å². The molecule has 1 N–H and O–H groups in total. The van der Waals surface area contributed by atoms with Crippen molar-refractivity contribution in [2.45, 2.75) is 20.0 Å². The lowest BCUT2D eigenvalue weighted by atomic mass is 10.1. The number of nitrogens with zero attached hydrogens (tertiary/aromatic N) is 2. The van der Waals surface area contributed by atoms with Crippen molar-refractivity contribution in [1.29, 1.82) is 0 Å². The summed E-state index contributed by atoms with van der Waals surface area (Å²) in [5.74, 6) is 0. The molecule has 0 saturated carbocycles. The molecule has 0 unspecified atom stereocenters. The fraction of sp³-hybridized carbons (Fsp3) is 0.250. The van der Waals surface area contributed by atoms with Crippen molar-refractivity contribution in [3.63, 3.8) is 0 Å². The second-order valence-corrected chi connectivity index (χ2v) is 5.15. The minimum Gasteiger partial charge on any atom is -0.389 e. The number of hydrogen-bond donors (Lipinski definition) is 1. The lowest BCUT2D eigenvalue weighted by molar-refractivity contribution is 0.198. The summed E-state index contributed by atoms with van der Waals surface area (Å²) in [7, 11) is 0. The average Bonchev–Trinajstić information content (AvgIpc) is 2.58. The molecule has 2 rings (SSSR count). The van der Waals surface area contributed by atoms with Crippen LogP contribution in [0.3, 0.4) is 0 Å². The highest BCUT2D eigenvalue weighted by Gasteiger charge is 2.09. The van der Waals surface area contributed by atoms with Gasteiger partial charge in [0.15, 0.2) is 0 Å². The van der Waals surface area contributed by atoms with E-state index in [1.165, 1.54) is 0 Å². The Hall–Kier alpha value is -0.840. The highest BCUT2D eigenvalue weighted by atomic mass is 79.9. The van der Waals surface area contributed by atoms with Crippen LogP contribution in [0.15, 0.2) is 28.9 Å². The van der Waals surface area contributed by atoms with Crippen molar-refractivity contribution in [3.8, 4) is 5.69 Å². The minimum absolute atomic E-state index is 0.499. The van der Waals surface area contributed by atoms with E-state index in [1.807, 2.05) is 25.1 Å². The zero-order valence-corrected chi connectivity index (χ0v) is 11.8. The summed E-state index contributed by atoms with van der Waals surface area (Å²) in [6, 6.07) is 5.68. The summed E-state index contributed by atoms with van der Waals surface area (Å²) in [6.45, 7) is 3.59. The van der Waals surface area contributed by atoms with Gasteiger partial charge in [0, 0.05) is 10.7 Å². The van der Waals surface area contributed by atoms with E-state index < -0.39 is 6.10 Å². The van der Waals surface area contributed by atoms with Crippen LogP contribution in [0, 0.1) is 6.92 Å². The number of aromatic nitrogens is 2. The number of aryl methyl sites for hydroxylation is 1. The van der Waals surface area contributed by atoms with Crippen LogP contribution in [0.25, 0.3) is 5.69 Å². The van der Waals surface area contributed by atoms with Gasteiger partial charge in [0.1, 0.15) is 0 Å². The van der Waals surface area contributed by atoms with Crippen molar-refractivity contribution < 1.29 is 5.11 Å². The number of aliphatic hydroxyl groups excluding tert-OH is 1. The summed E-state index contributed by atoms with van der Waals surface area (Å²) in [4.78, 5) is 0. The average molecular weight is 316 g/mol. The highest BCUT2D eigenvalue weighted by Crippen LogP contribution is 2.26. The van der Waals surface area contributed by atoms with Gasteiger partial charge >= 0.3 is 0 Å². The van der Waals surface area contributed by atoms with E-state index in [9.17, 15) is 5.11 Å². The van der Waals surface area contributed by atoms with Crippen molar-refractivity contribution in [2.24, 2.45) is 0 Å². The van der Waals surface area contributed by atoms with E-state index in [1.54, 1.807) is 17.8 Å². The van der Waals surface area contributed by atoms with E-state index in [0.29, 0.717) is 5.02 Å². The molecule has 3 nitrogen and oxygen atoms in total. The number of halogens is 2. The van der Waals surface area contributed by atoms with Crippen LogP contribution in [0.5, 0.6) is 0 Å². The molecule has 1 atom stereocenters. The van der Waals surface area contributed by atoms with Gasteiger partial charge in [-0.1, -0.05) is 33.6 Å². The number of rotatable bonds is 2. The second kappa shape index (κ2) is 4.80. The van der Waals surface area contributed by atoms with Gasteiger partial charge in [0.05, 0.1) is 22.5 Å². The Bertz CT molecular complexity index is 532. The molecule has 0 aliphatic carbocycles. The zero-order chi connectivity index (χ0) is 12.6. The smallest absolute Gasteiger partial charge is 0.0819 e. The maximum Gasteiger partial charge on any atom is 0.0819 e. The van der Waals surface area contributed by atoms with Crippen molar-refractivity contribution in [3.05, 3.63) is 45.1 Å². The molecule has 1 aromatic heterocycles. The molecular formula is C12H12BrClN2O. The third-order valence-corrected chi connectivity index (χ3v) is 3.60. The normalized spacial score (nSPS) is 12.8. The van der Waals surface area contributed by atoms with Gasteiger partial charge in [0.25, 0.3) is 0 Å². The summed E-state index contributed by atoms with van der Waals surface area (Å²) in [6.07, 6.45) is 1.27. The molecule has 1 aromatic carbocycles. The Labute approximate surface area is 113 Å². The largest absolute Gasteiger partial charge is 0.389 e. The lowest BCUT2D eigenvalue weighted by Crippen LogP contribution is -1.98. The van der Waals surface area contributed by atoms with Crippen molar-refractivity contribution >= 4 is 27.5 Å². The topological polar surface area (TPSA) is 38.0 Å². The molecule has 2 aromatic rings. The van der Waals surface area contributed by atoms with Gasteiger partial charge in [-0.25, -0.2) is 4.68 Å². The quantitative estimate of drug-likeness (QED) is 0.918. The molecule has 17 heavy (non-hydrogen) atoms. The van der Waals surface area contributed by atoms with E-state index in [4.69, 9.17) is 11.6 Å². The van der Waals surface area contributed by atoms with Crippen LogP contribution in [0.1, 0.15) is 24.3 Å². The van der Waals surface area contributed by atoms with E-state index in [-0.39, 0.29) is 0 Å². The maximum absolute atomic E-state index is 9.54. The fourth-order valence-electron chi connectivity index (χ4n) is 1.57.